The fourth-order valence-corrected chi connectivity index (χ4v) is 2.49. The zero-order valence-electron chi connectivity index (χ0n) is 14.7. The number of carbonyl (C=O) groups is 1. The Morgan fingerprint density at radius 3 is 2.44 bits per heavy atom. The Morgan fingerprint density at radius 1 is 1.00 bits per heavy atom. The third-order valence-electron chi connectivity index (χ3n) is 3.70. The highest BCUT2D eigenvalue weighted by Gasteiger charge is 2.17. The van der Waals surface area contributed by atoms with Crippen molar-refractivity contribution in [2.45, 2.75) is 0 Å². The SMILES string of the molecule is COc1ccc(OC)c(NC(=O)c2cccnc2Oc2ccc(Cl)cc2)c1. The van der Waals surface area contributed by atoms with Crippen molar-refractivity contribution in [3.05, 3.63) is 71.4 Å². The average Bonchev–Trinajstić information content (AvgIpc) is 2.70. The lowest BCUT2D eigenvalue weighted by Crippen LogP contribution is -2.14. The molecule has 138 valence electrons. The van der Waals surface area contributed by atoms with Gasteiger partial charge in [0.05, 0.1) is 19.9 Å². The molecule has 1 heterocycles. The van der Waals surface area contributed by atoms with Crippen molar-refractivity contribution in [3.63, 3.8) is 0 Å². The van der Waals surface area contributed by atoms with Gasteiger partial charge in [-0.2, -0.15) is 0 Å². The molecule has 0 spiro atoms. The molecule has 1 N–H and O–H groups in total. The number of amides is 1. The van der Waals surface area contributed by atoms with Gasteiger partial charge < -0.3 is 19.5 Å². The van der Waals surface area contributed by atoms with Gasteiger partial charge in [-0.25, -0.2) is 4.98 Å². The Kier molecular flexibility index (Phi) is 5.78. The molecule has 0 unspecified atom stereocenters. The van der Waals surface area contributed by atoms with Crippen molar-refractivity contribution < 1.29 is 19.0 Å². The molecule has 27 heavy (non-hydrogen) atoms. The molecule has 0 fully saturated rings. The lowest BCUT2D eigenvalue weighted by atomic mass is 10.2. The molecule has 6 nitrogen and oxygen atoms in total. The number of ether oxygens (including phenoxy) is 3. The second-order valence-electron chi connectivity index (χ2n) is 5.43. The molecule has 0 radical (unpaired) electrons. The number of nitrogens with zero attached hydrogens (tertiary/aromatic N) is 1. The van der Waals surface area contributed by atoms with Crippen molar-refractivity contribution in [1.29, 1.82) is 0 Å². The van der Waals surface area contributed by atoms with Gasteiger partial charge in [0, 0.05) is 17.3 Å². The second kappa shape index (κ2) is 8.42. The van der Waals surface area contributed by atoms with Crippen LogP contribution in [0.4, 0.5) is 5.69 Å². The third kappa shape index (κ3) is 4.48. The Bertz CT molecular complexity index is 945. The quantitative estimate of drug-likeness (QED) is 0.661. The number of pyridine rings is 1. The van der Waals surface area contributed by atoms with Gasteiger partial charge in [0.25, 0.3) is 5.91 Å². The molecule has 0 saturated carbocycles. The zero-order chi connectivity index (χ0) is 19.2. The Hall–Kier alpha value is -3.25. The molecular formula is C20H17ClN2O4. The van der Waals surface area contributed by atoms with E-state index in [0.29, 0.717) is 28.0 Å². The van der Waals surface area contributed by atoms with Crippen LogP contribution in [0.2, 0.25) is 5.02 Å². The van der Waals surface area contributed by atoms with E-state index in [1.807, 2.05) is 0 Å². The molecule has 0 aliphatic rings. The predicted molar refractivity (Wildman–Crippen MR) is 103 cm³/mol. The first kappa shape index (κ1) is 18.5. The zero-order valence-corrected chi connectivity index (χ0v) is 15.5. The van der Waals surface area contributed by atoms with E-state index >= 15 is 0 Å². The van der Waals surface area contributed by atoms with Crippen LogP contribution in [0.3, 0.4) is 0 Å². The van der Waals surface area contributed by atoms with Crippen molar-refractivity contribution in [2.75, 3.05) is 19.5 Å². The van der Waals surface area contributed by atoms with Crippen molar-refractivity contribution in [2.24, 2.45) is 0 Å². The van der Waals surface area contributed by atoms with E-state index in [2.05, 4.69) is 10.3 Å². The number of rotatable bonds is 6. The average molecular weight is 385 g/mol. The van der Waals surface area contributed by atoms with Crippen molar-refractivity contribution in [3.8, 4) is 23.1 Å². The van der Waals surface area contributed by atoms with E-state index in [9.17, 15) is 4.79 Å². The molecule has 0 aliphatic heterocycles. The first-order valence-electron chi connectivity index (χ1n) is 8.02. The van der Waals surface area contributed by atoms with Crippen LogP contribution in [-0.4, -0.2) is 25.1 Å². The maximum absolute atomic E-state index is 12.8. The summed E-state index contributed by atoms with van der Waals surface area (Å²) in [6.45, 7) is 0. The number of anilines is 1. The number of carbonyl (C=O) groups excluding carboxylic acids is 1. The first-order valence-corrected chi connectivity index (χ1v) is 8.40. The number of halogens is 1. The molecule has 3 aromatic rings. The predicted octanol–water partition coefficient (Wildman–Crippen LogP) is 4.80. The summed E-state index contributed by atoms with van der Waals surface area (Å²) in [5.41, 5.74) is 0.750. The largest absolute Gasteiger partial charge is 0.497 e. The normalized spacial score (nSPS) is 10.2. The number of hydrogen-bond donors (Lipinski definition) is 1. The van der Waals surface area contributed by atoms with Crippen LogP contribution < -0.4 is 19.5 Å². The molecule has 1 aromatic heterocycles. The van der Waals surface area contributed by atoms with Gasteiger partial charge in [-0.15, -0.1) is 0 Å². The summed E-state index contributed by atoms with van der Waals surface area (Å²) in [4.78, 5) is 17.0. The summed E-state index contributed by atoms with van der Waals surface area (Å²) in [6.07, 6.45) is 1.55. The summed E-state index contributed by atoms with van der Waals surface area (Å²) in [6, 6.07) is 15.2. The van der Waals surface area contributed by atoms with Gasteiger partial charge >= 0.3 is 0 Å². The fraction of sp³-hybridized carbons (Fsp3) is 0.100. The summed E-state index contributed by atoms with van der Waals surface area (Å²) < 4.78 is 16.2. The molecule has 1 amide bonds. The minimum absolute atomic E-state index is 0.180. The summed E-state index contributed by atoms with van der Waals surface area (Å²) in [7, 11) is 3.07. The van der Waals surface area contributed by atoms with Gasteiger partial charge in [0.15, 0.2) is 0 Å². The van der Waals surface area contributed by atoms with Crippen LogP contribution in [-0.2, 0) is 0 Å². The van der Waals surface area contributed by atoms with Crippen LogP contribution in [0.15, 0.2) is 60.8 Å². The summed E-state index contributed by atoms with van der Waals surface area (Å²) >= 11 is 5.88. The van der Waals surface area contributed by atoms with Crippen molar-refractivity contribution in [1.82, 2.24) is 4.98 Å². The van der Waals surface area contributed by atoms with Crippen LogP contribution >= 0.6 is 11.6 Å². The van der Waals surface area contributed by atoms with E-state index in [1.54, 1.807) is 67.9 Å². The number of nitrogens with one attached hydrogen (secondary N) is 1. The highest BCUT2D eigenvalue weighted by molar-refractivity contribution is 6.30. The highest BCUT2D eigenvalue weighted by Crippen LogP contribution is 2.30. The molecule has 0 bridgehead atoms. The minimum Gasteiger partial charge on any atom is -0.497 e. The van der Waals surface area contributed by atoms with Gasteiger partial charge in [-0.3, -0.25) is 4.79 Å². The Labute approximate surface area is 161 Å². The van der Waals surface area contributed by atoms with E-state index < -0.39 is 5.91 Å². The molecule has 2 aromatic carbocycles. The maximum Gasteiger partial charge on any atom is 0.261 e. The number of benzene rings is 2. The van der Waals surface area contributed by atoms with Crippen LogP contribution in [0, 0.1) is 0 Å². The Balaban J connectivity index is 1.86. The second-order valence-corrected chi connectivity index (χ2v) is 5.87. The van der Waals surface area contributed by atoms with E-state index in [0.717, 1.165) is 0 Å². The fourth-order valence-electron chi connectivity index (χ4n) is 2.36. The smallest absolute Gasteiger partial charge is 0.261 e. The molecule has 0 saturated heterocycles. The molecule has 7 heteroatoms. The molecule has 0 aliphatic carbocycles. The lowest BCUT2D eigenvalue weighted by molar-refractivity contribution is 0.102. The van der Waals surface area contributed by atoms with E-state index in [-0.39, 0.29) is 11.4 Å². The van der Waals surface area contributed by atoms with Gasteiger partial charge in [0.2, 0.25) is 5.88 Å². The Morgan fingerprint density at radius 2 is 1.74 bits per heavy atom. The number of aromatic nitrogens is 1. The van der Waals surface area contributed by atoms with Crippen LogP contribution in [0.5, 0.6) is 23.1 Å². The molecule has 3 rings (SSSR count). The number of hydrogen-bond acceptors (Lipinski definition) is 5. The standard InChI is InChI=1S/C20H17ClN2O4/c1-25-15-9-10-18(26-2)17(12-15)23-19(24)16-4-3-11-22-20(16)27-14-7-5-13(21)6-8-14/h3-12H,1-2H3,(H,23,24). The topological polar surface area (TPSA) is 69.7 Å². The van der Waals surface area contributed by atoms with Crippen molar-refractivity contribution >= 4 is 23.2 Å². The number of methoxy groups -OCH3 is 2. The molecule has 0 atom stereocenters. The van der Waals surface area contributed by atoms with E-state index in [4.69, 9.17) is 25.8 Å². The molecular weight excluding hydrogens is 368 g/mol. The third-order valence-corrected chi connectivity index (χ3v) is 3.95. The van der Waals surface area contributed by atoms with E-state index in [1.165, 1.54) is 7.11 Å². The summed E-state index contributed by atoms with van der Waals surface area (Å²) in [5, 5.41) is 3.39. The highest BCUT2D eigenvalue weighted by atomic mass is 35.5. The van der Waals surface area contributed by atoms with Crippen LogP contribution in [0.1, 0.15) is 10.4 Å². The van der Waals surface area contributed by atoms with Gasteiger partial charge in [0.1, 0.15) is 22.8 Å². The van der Waals surface area contributed by atoms with Crippen LogP contribution in [0.25, 0.3) is 0 Å². The van der Waals surface area contributed by atoms with Gasteiger partial charge in [-0.1, -0.05) is 11.6 Å². The van der Waals surface area contributed by atoms with Gasteiger partial charge in [-0.05, 0) is 48.5 Å². The first-order chi connectivity index (χ1) is 13.1. The monoisotopic (exact) mass is 384 g/mol. The summed E-state index contributed by atoms with van der Waals surface area (Å²) in [5.74, 6) is 1.41. The maximum atomic E-state index is 12.8. The minimum atomic E-state index is -0.390. The lowest BCUT2D eigenvalue weighted by Gasteiger charge is -2.13.